The topological polar surface area (TPSA) is 91.3 Å². The molecule has 0 spiro atoms. The minimum absolute atomic E-state index is 0.0761. The Bertz CT molecular complexity index is 1470. The normalized spacial score (nSPS) is 14.3. The third kappa shape index (κ3) is 56.0. The van der Waals surface area contributed by atoms with E-state index in [4.69, 9.17) is 18.5 Å². The Kier molecular flexibility index (Phi) is 49.4. The number of quaternary nitrogens is 1. The van der Waals surface area contributed by atoms with Gasteiger partial charge >= 0.3 is 13.8 Å². The molecule has 0 aromatic rings. The number of carbonyl (C=O) groups excluding carboxylic acids is 1. The lowest BCUT2D eigenvalue weighted by Gasteiger charge is -2.24. The summed E-state index contributed by atoms with van der Waals surface area (Å²) >= 11 is 0. The van der Waals surface area contributed by atoms with E-state index in [1.54, 1.807) is 0 Å². The van der Waals surface area contributed by atoms with Crippen molar-refractivity contribution in [3.63, 3.8) is 0 Å². The molecule has 0 amide bonds. The van der Waals surface area contributed by atoms with E-state index in [-0.39, 0.29) is 25.8 Å². The van der Waals surface area contributed by atoms with Crippen LogP contribution in [0.1, 0.15) is 206 Å². The summed E-state index contributed by atoms with van der Waals surface area (Å²) in [5.74, 6) is -0.331. The van der Waals surface area contributed by atoms with E-state index in [2.05, 4.69) is 123 Å². The van der Waals surface area contributed by atoms with Crippen LogP contribution >= 0.6 is 7.82 Å². The Balaban J connectivity index is 4.22. The zero-order chi connectivity index (χ0) is 50.5. The van der Waals surface area contributed by atoms with Gasteiger partial charge in [-0.05, 0) is 103 Å². The lowest BCUT2D eigenvalue weighted by atomic mass is 10.1. The van der Waals surface area contributed by atoms with Crippen molar-refractivity contribution in [2.45, 2.75) is 213 Å². The summed E-state index contributed by atoms with van der Waals surface area (Å²) in [5.41, 5.74) is 0. The Morgan fingerprint density at radius 3 is 1.26 bits per heavy atom. The maximum absolute atomic E-state index is 12.8. The number of esters is 1. The van der Waals surface area contributed by atoms with Gasteiger partial charge in [-0.25, -0.2) is 4.57 Å². The van der Waals surface area contributed by atoms with E-state index in [9.17, 15) is 14.3 Å². The summed E-state index contributed by atoms with van der Waals surface area (Å²) in [6.07, 6.45) is 72.9. The number of allylic oxidation sites excluding steroid dienone is 18. The Hall–Kier alpha value is -2.84. The van der Waals surface area contributed by atoms with Crippen molar-refractivity contribution in [1.82, 2.24) is 0 Å². The first-order valence-electron chi connectivity index (χ1n) is 27.6. The van der Waals surface area contributed by atoms with Gasteiger partial charge in [0.15, 0.2) is 0 Å². The standard InChI is InChI=1S/C60H104NO7P/c1-6-8-10-12-14-16-18-20-22-24-26-28-29-30-31-32-34-36-38-40-42-44-46-48-50-52-55-65-57-59(58-67-69(63,64)66-56-54-61(3,4)5)68-60(62)53-51-49-47-45-43-41-39-37-35-33-27-25-23-21-19-17-15-13-11-9-7-2/h8,10,14,16,19-22,25-28,30-31,34,36,40,42,59H,6-7,9,11-13,15,17-18,23-24,29,32-33,35,37-39,41,43-58H2,1-5H3/p+1/b10-8-,16-14-,21-19-,22-20-,27-25-,28-26-,31-30-,36-34-,42-40-. The van der Waals surface area contributed by atoms with Crippen LogP contribution in [0.2, 0.25) is 0 Å². The minimum Gasteiger partial charge on any atom is -0.457 e. The van der Waals surface area contributed by atoms with Crippen LogP contribution in [0.5, 0.6) is 0 Å². The van der Waals surface area contributed by atoms with Crippen LogP contribution < -0.4 is 0 Å². The highest BCUT2D eigenvalue weighted by molar-refractivity contribution is 7.47. The van der Waals surface area contributed by atoms with Crippen LogP contribution in [0.15, 0.2) is 109 Å². The quantitative estimate of drug-likeness (QED) is 0.0213. The van der Waals surface area contributed by atoms with E-state index in [1.165, 1.54) is 83.5 Å². The molecular weight excluding hydrogens is 878 g/mol. The molecule has 69 heavy (non-hydrogen) atoms. The molecule has 0 heterocycles. The maximum atomic E-state index is 12.8. The summed E-state index contributed by atoms with van der Waals surface area (Å²) in [5, 5.41) is 0. The van der Waals surface area contributed by atoms with Gasteiger partial charge in [0.1, 0.15) is 19.3 Å². The molecule has 0 rings (SSSR count). The molecule has 0 aliphatic rings. The van der Waals surface area contributed by atoms with Crippen LogP contribution in [-0.2, 0) is 27.9 Å². The molecule has 1 N–H and O–H groups in total. The van der Waals surface area contributed by atoms with Crippen LogP contribution in [0.25, 0.3) is 0 Å². The second-order valence-electron chi connectivity index (χ2n) is 19.2. The predicted molar refractivity (Wildman–Crippen MR) is 297 cm³/mol. The number of hydrogen-bond donors (Lipinski definition) is 1. The first-order chi connectivity index (χ1) is 33.6. The largest absolute Gasteiger partial charge is 0.472 e. The average molecular weight is 983 g/mol. The number of unbranched alkanes of at least 4 members (excludes halogenated alkanes) is 18. The molecule has 396 valence electrons. The minimum atomic E-state index is -4.30. The smallest absolute Gasteiger partial charge is 0.457 e. The van der Waals surface area contributed by atoms with Gasteiger partial charge in [-0.1, -0.05) is 207 Å². The monoisotopic (exact) mass is 983 g/mol. The molecule has 0 aliphatic heterocycles. The van der Waals surface area contributed by atoms with E-state index < -0.39 is 13.9 Å². The van der Waals surface area contributed by atoms with Crippen LogP contribution in [0, 0.1) is 0 Å². The number of phosphoric acid groups is 1. The molecule has 0 saturated heterocycles. The second kappa shape index (κ2) is 51.5. The first kappa shape index (κ1) is 66.2. The molecule has 0 bridgehead atoms. The van der Waals surface area contributed by atoms with Gasteiger partial charge in [0.2, 0.25) is 0 Å². The maximum Gasteiger partial charge on any atom is 0.472 e. The average Bonchev–Trinajstić information content (AvgIpc) is 3.31. The van der Waals surface area contributed by atoms with E-state index >= 15 is 0 Å². The highest BCUT2D eigenvalue weighted by atomic mass is 31.2. The second-order valence-corrected chi connectivity index (χ2v) is 20.7. The molecule has 0 aliphatic carbocycles. The Labute approximate surface area is 425 Å². The number of rotatable bonds is 50. The zero-order valence-electron chi connectivity index (χ0n) is 45.0. The number of ether oxygens (including phenoxy) is 2. The number of likely N-dealkylation sites (N-methyl/N-ethyl adjacent to an activating group) is 1. The zero-order valence-corrected chi connectivity index (χ0v) is 45.9. The van der Waals surface area contributed by atoms with Crippen molar-refractivity contribution in [2.24, 2.45) is 0 Å². The predicted octanol–water partition coefficient (Wildman–Crippen LogP) is 17.5. The molecule has 0 saturated carbocycles. The fraction of sp³-hybridized carbons (Fsp3) is 0.683. The van der Waals surface area contributed by atoms with Gasteiger partial charge in [0.05, 0.1) is 34.4 Å². The van der Waals surface area contributed by atoms with E-state index in [1.807, 2.05) is 21.1 Å². The summed E-state index contributed by atoms with van der Waals surface area (Å²) in [4.78, 5) is 23.1. The number of carbonyl (C=O) groups is 1. The van der Waals surface area contributed by atoms with Crippen molar-refractivity contribution in [2.75, 3.05) is 54.1 Å². The van der Waals surface area contributed by atoms with Crippen molar-refractivity contribution < 1.29 is 37.3 Å². The van der Waals surface area contributed by atoms with Crippen molar-refractivity contribution in [3.05, 3.63) is 109 Å². The van der Waals surface area contributed by atoms with Gasteiger partial charge < -0.3 is 18.9 Å². The molecule has 0 aromatic carbocycles. The van der Waals surface area contributed by atoms with Crippen LogP contribution in [0.4, 0.5) is 0 Å². The fourth-order valence-electron chi connectivity index (χ4n) is 7.09. The third-order valence-electron chi connectivity index (χ3n) is 11.3. The number of nitrogens with zero attached hydrogens (tertiary/aromatic N) is 1. The van der Waals surface area contributed by atoms with Gasteiger partial charge in [0, 0.05) is 13.0 Å². The third-order valence-corrected chi connectivity index (χ3v) is 12.3. The lowest BCUT2D eigenvalue weighted by Crippen LogP contribution is -2.37. The molecule has 0 aromatic heterocycles. The number of phosphoric ester groups is 1. The molecule has 2 atom stereocenters. The SMILES string of the molecule is CC/C=C\C/C=C\C/C=C\C/C=C\C/C=C\C/C=C\C/C=C\CCCCCCOCC(COP(=O)(O)OCC[N+](C)(C)C)OC(=O)CCCCCCCCCCC/C=C\C/C=C\CCCCCCC. The van der Waals surface area contributed by atoms with Crippen molar-refractivity contribution in [3.8, 4) is 0 Å². The molecule has 0 radical (unpaired) electrons. The van der Waals surface area contributed by atoms with Crippen molar-refractivity contribution >= 4 is 13.8 Å². The van der Waals surface area contributed by atoms with E-state index in [0.29, 0.717) is 24.1 Å². The molecule has 8 nitrogen and oxygen atoms in total. The Morgan fingerprint density at radius 2 is 0.841 bits per heavy atom. The molecule has 9 heteroatoms. The van der Waals surface area contributed by atoms with Gasteiger partial charge in [-0.15, -0.1) is 0 Å². The highest BCUT2D eigenvalue weighted by Gasteiger charge is 2.26. The summed E-state index contributed by atoms with van der Waals surface area (Å²) in [6, 6.07) is 0. The molecule has 2 unspecified atom stereocenters. The summed E-state index contributed by atoms with van der Waals surface area (Å²) in [6.45, 7) is 5.42. The van der Waals surface area contributed by atoms with Gasteiger partial charge in [0.25, 0.3) is 0 Å². The molecule has 0 fully saturated rings. The van der Waals surface area contributed by atoms with Crippen LogP contribution in [-0.4, -0.2) is 75.6 Å². The fourth-order valence-corrected chi connectivity index (χ4v) is 7.83. The summed E-state index contributed by atoms with van der Waals surface area (Å²) < 4.78 is 35.2. The molecular formula is C60H105NO7P+. The number of hydrogen-bond acceptors (Lipinski definition) is 6. The lowest BCUT2D eigenvalue weighted by molar-refractivity contribution is -0.870. The van der Waals surface area contributed by atoms with E-state index in [0.717, 1.165) is 103 Å². The highest BCUT2D eigenvalue weighted by Crippen LogP contribution is 2.43. The van der Waals surface area contributed by atoms with Gasteiger partial charge in [-0.2, -0.15) is 0 Å². The Morgan fingerprint density at radius 1 is 0.464 bits per heavy atom. The van der Waals surface area contributed by atoms with Gasteiger partial charge in [-0.3, -0.25) is 13.8 Å². The van der Waals surface area contributed by atoms with Crippen molar-refractivity contribution in [1.29, 1.82) is 0 Å². The first-order valence-corrected chi connectivity index (χ1v) is 29.1. The van der Waals surface area contributed by atoms with Crippen LogP contribution in [0.3, 0.4) is 0 Å². The summed E-state index contributed by atoms with van der Waals surface area (Å²) in [7, 11) is 1.63.